The van der Waals surface area contributed by atoms with Gasteiger partial charge in [0.1, 0.15) is 15.1 Å². The van der Waals surface area contributed by atoms with Gasteiger partial charge in [-0.05, 0) is 46.9 Å². The Morgan fingerprint density at radius 2 is 2.17 bits per heavy atom. The maximum Gasteiger partial charge on any atom is 0.244 e. The predicted molar refractivity (Wildman–Crippen MR) is 101 cm³/mol. The highest BCUT2D eigenvalue weighted by atomic mass is 127. The van der Waals surface area contributed by atoms with Gasteiger partial charge < -0.3 is 19.1 Å². The molecule has 116 valence electrons. The normalized spacial score (nSPS) is 11.3. The molecule has 0 radical (unpaired) electrons. The molecule has 0 bridgehead atoms. The molecular formula is C16H11BrIN3O2. The highest BCUT2D eigenvalue weighted by molar-refractivity contribution is 14.1. The third kappa shape index (κ3) is 2.47. The van der Waals surface area contributed by atoms with E-state index < -0.39 is 0 Å². The second-order valence-corrected chi connectivity index (χ2v) is 6.89. The zero-order valence-corrected chi connectivity index (χ0v) is 15.7. The van der Waals surface area contributed by atoms with E-state index in [0.717, 1.165) is 41.8 Å². The number of fused-ring (bicyclic) bond motifs is 1. The summed E-state index contributed by atoms with van der Waals surface area (Å²) in [6, 6.07) is 7.79. The van der Waals surface area contributed by atoms with Crippen LogP contribution in [0.25, 0.3) is 33.8 Å². The smallest absolute Gasteiger partial charge is 0.244 e. The van der Waals surface area contributed by atoms with Crippen molar-refractivity contribution in [2.45, 2.75) is 0 Å². The standard InChI is InChI=1S/C16H11BrIN3O2/c1-22-12-6-8(17)5-11-13(12)9(7-20-11)14-15(18)21-16(23-14)10-3-2-4-19-10/h2-7,19-20H,1H3. The number of hydrogen-bond acceptors (Lipinski definition) is 3. The number of oxazole rings is 1. The lowest BCUT2D eigenvalue weighted by atomic mass is 10.1. The summed E-state index contributed by atoms with van der Waals surface area (Å²) in [5.74, 6) is 2.07. The summed E-state index contributed by atoms with van der Waals surface area (Å²) in [6.07, 6.45) is 3.76. The SMILES string of the molecule is COc1cc(Br)cc2[nH]cc(-c3oc(-c4ccc[nH]4)nc3I)c12. The minimum absolute atomic E-state index is 0.569. The zero-order valence-electron chi connectivity index (χ0n) is 12.0. The summed E-state index contributed by atoms with van der Waals surface area (Å²) in [4.78, 5) is 10.9. The number of halogens is 2. The van der Waals surface area contributed by atoms with Gasteiger partial charge in [0.2, 0.25) is 5.89 Å². The van der Waals surface area contributed by atoms with Crippen molar-refractivity contribution in [3.05, 3.63) is 44.8 Å². The summed E-state index contributed by atoms with van der Waals surface area (Å²) < 4.78 is 13.3. The number of nitrogens with one attached hydrogen (secondary N) is 2. The Hall–Kier alpha value is -1.74. The van der Waals surface area contributed by atoms with Gasteiger partial charge in [-0.25, -0.2) is 4.98 Å². The molecule has 0 aliphatic rings. The molecule has 0 saturated carbocycles. The fourth-order valence-corrected chi connectivity index (χ4v) is 3.64. The molecule has 0 saturated heterocycles. The van der Waals surface area contributed by atoms with Gasteiger partial charge in [0.05, 0.1) is 18.0 Å². The van der Waals surface area contributed by atoms with Gasteiger partial charge in [-0.3, -0.25) is 0 Å². The molecule has 0 unspecified atom stereocenters. The van der Waals surface area contributed by atoms with Crippen molar-refractivity contribution in [2.24, 2.45) is 0 Å². The molecular weight excluding hydrogens is 473 g/mol. The van der Waals surface area contributed by atoms with Gasteiger partial charge in [0.15, 0.2) is 5.76 Å². The molecule has 0 aliphatic carbocycles. The minimum atomic E-state index is 0.569. The summed E-state index contributed by atoms with van der Waals surface area (Å²) in [5, 5.41) is 0.975. The lowest BCUT2D eigenvalue weighted by molar-refractivity contribution is 0.419. The average Bonchev–Trinajstić information content (AvgIpc) is 3.24. The number of methoxy groups -OCH3 is 1. The Balaban J connectivity index is 1.93. The molecule has 7 heteroatoms. The Kier molecular flexibility index (Phi) is 3.68. The van der Waals surface area contributed by atoms with Crippen molar-refractivity contribution < 1.29 is 9.15 Å². The number of benzene rings is 1. The average molecular weight is 484 g/mol. The van der Waals surface area contributed by atoms with Crippen molar-refractivity contribution in [1.29, 1.82) is 0 Å². The van der Waals surface area contributed by atoms with Gasteiger partial charge in [0, 0.05) is 22.4 Å². The van der Waals surface area contributed by atoms with Crippen LogP contribution in [0.3, 0.4) is 0 Å². The second kappa shape index (κ2) is 5.72. The highest BCUT2D eigenvalue weighted by Crippen LogP contribution is 2.40. The van der Waals surface area contributed by atoms with Crippen LogP contribution >= 0.6 is 38.5 Å². The van der Waals surface area contributed by atoms with Crippen molar-refractivity contribution >= 4 is 49.4 Å². The van der Waals surface area contributed by atoms with E-state index >= 15 is 0 Å². The van der Waals surface area contributed by atoms with Crippen LogP contribution in [0.1, 0.15) is 0 Å². The lowest BCUT2D eigenvalue weighted by Crippen LogP contribution is -1.85. The third-order valence-corrected chi connectivity index (χ3v) is 4.78. The van der Waals surface area contributed by atoms with Gasteiger partial charge in [-0.1, -0.05) is 15.9 Å². The zero-order chi connectivity index (χ0) is 16.0. The Morgan fingerprint density at radius 1 is 1.30 bits per heavy atom. The van der Waals surface area contributed by atoms with E-state index in [1.165, 1.54) is 0 Å². The molecule has 2 N–H and O–H groups in total. The number of ether oxygens (including phenoxy) is 1. The Labute approximate surface area is 153 Å². The van der Waals surface area contributed by atoms with E-state index in [1.807, 2.05) is 36.7 Å². The molecule has 0 spiro atoms. The summed E-state index contributed by atoms with van der Waals surface area (Å²) in [5.41, 5.74) is 2.75. The van der Waals surface area contributed by atoms with Crippen LogP contribution < -0.4 is 4.74 Å². The van der Waals surface area contributed by atoms with Crippen molar-refractivity contribution in [1.82, 2.24) is 15.0 Å². The van der Waals surface area contributed by atoms with Crippen molar-refractivity contribution in [3.8, 4) is 28.7 Å². The number of rotatable bonds is 3. The monoisotopic (exact) mass is 483 g/mol. The first kappa shape index (κ1) is 14.8. The lowest BCUT2D eigenvalue weighted by Gasteiger charge is -2.04. The Morgan fingerprint density at radius 3 is 2.91 bits per heavy atom. The van der Waals surface area contributed by atoms with Gasteiger partial charge in [-0.2, -0.15) is 0 Å². The summed E-state index contributed by atoms with van der Waals surface area (Å²) in [6.45, 7) is 0. The van der Waals surface area contributed by atoms with E-state index in [0.29, 0.717) is 5.89 Å². The largest absolute Gasteiger partial charge is 0.496 e. The number of aromatic nitrogens is 3. The third-order valence-electron chi connectivity index (χ3n) is 3.59. The summed E-state index contributed by atoms with van der Waals surface area (Å²) >= 11 is 5.68. The molecule has 3 heterocycles. The fourth-order valence-electron chi connectivity index (χ4n) is 2.58. The highest BCUT2D eigenvalue weighted by Gasteiger charge is 2.20. The van der Waals surface area contributed by atoms with Gasteiger partial charge in [0.25, 0.3) is 0 Å². The molecule has 4 aromatic rings. The molecule has 1 aromatic carbocycles. The predicted octanol–water partition coefficient (Wildman–Crippen LogP) is 5.19. The van der Waals surface area contributed by atoms with Crippen LogP contribution in [0.15, 0.2) is 45.5 Å². The van der Waals surface area contributed by atoms with Crippen LogP contribution in [0.5, 0.6) is 5.75 Å². The molecule has 0 amide bonds. The number of hydrogen-bond donors (Lipinski definition) is 2. The van der Waals surface area contributed by atoms with E-state index in [9.17, 15) is 0 Å². The summed E-state index contributed by atoms with van der Waals surface area (Å²) in [7, 11) is 1.66. The van der Waals surface area contributed by atoms with E-state index in [2.05, 4.69) is 53.5 Å². The van der Waals surface area contributed by atoms with Crippen LogP contribution in [0.4, 0.5) is 0 Å². The first-order valence-corrected chi connectivity index (χ1v) is 8.69. The number of H-pyrrole nitrogens is 2. The molecule has 4 rings (SSSR count). The Bertz CT molecular complexity index is 989. The van der Waals surface area contributed by atoms with Crippen LogP contribution in [-0.2, 0) is 0 Å². The first-order valence-electron chi connectivity index (χ1n) is 6.82. The van der Waals surface area contributed by atoms with Crippen LogP contribution in [0, 0.1) is 3.70 Å². The van der Waals surface area contributed by atoms with Gasteiger partial charge in [-0.15, -0.1) is 0 Å². The van der Waals surface area contributed by atoms with Gasteiger partial charge >= 0.3 is 0 Å². The minimum Gasteiger partial charge on any atom is -0.496 e. The molecule has 23 heavy (non-hydrogen) atoms. The topological polar surface area (TPSA) is 66.8 Å². The van der Waals surface area contributed by atoms with Crippen LogP contribution in [-0.4, -0.2) is 22.1 Å². The molecule has 3 aromatic heterocycles. The molecule has 0 aliphatic heterocycles. The maximum atomic E-state index is 6.00. The number of nitrogens with zero attached hydrogens (tertiary/aromatic N) is 1. The van der Waals surface area contributed by atoms with E-state index in [4.69, 9.17) is 9.15 Å². The van der Waals surface area contributed by atoms with Crippen molar-refractivity contribution in [3.63, 3.8) is 0 Å². The molecule has 0 atom stereocenters. The van der Waals surface area contributed by atoms with E-state index in [-0.39, 0.29) is 0 Å². The second-order valence-electron chi connectivity index (χ2n) is 4.96. The maximum absolute atomic E-state index is 6.00. The van der Waals surface area contributed by atoms with E-state index in [1.54, 1.807) is 7.11 Å². The molecule has 5 nitrogen and oxygen atoms in total. The van der Waals surface area contributed by atoms with Crippen LogP contribution in [0.2, 0.25) is 0 Å². The first-order chi connectivity index (χ1) is 11.2. The van der Waals surface area contributed by atoms with Crippen molar-refractivity contribution in [2.75, 3.05) is 7.11 Å². The fraction of sp³-hybridized carbons (Fsp3) is 0.0625. The molecule has 0 fully saturated rings. The number of aromatic amines is 2. The quantitative estimate of drug-likeness (QED) is 0.394.